The third-order valence-electron chi connectivity index (χ3n) is 4.22. The summed E-state index contributed by atoms with van der Waals surface area (Å²) in [5.74, 6) is -0.0895. The van der Waals surface area contributed by atoms with Crippen LogP contribution in [0.3, 0.4) is 0 Å². The molecule has 1 fully saturated rings. The van der Waals surface area contributed by atoms with Crippen LogP contribution in [0.15, 0.2) is 24.3 Å². The SMILES string of the molecule is CC(=O)N(CC(=O)NCc1ccccc1C)C1CCCC1. The first-order chi connectivity index (χ1) is 10.1. The normalized spacial score (nSPS) is 15.0. The van der Waals surface area contributed by atoms with Gasteiger partial charge in [0.15, 0.2) is 0 Å². The van der Waals surface area contributed by atoms with E-state index in [1.54, 1.807) is 11.8 Å². The summed E-state index contributed by atoms with van der Waals surface area (Å²) < 4.78 is 0. The summed E-state index contributed by atoms with van der Waals surface area (Å²) in [4.78, 5) is 25.6. The van der Waals surface area contributed by atoms with Crippen molar-refractivity contribution in [2.75, 3.05) is 6.54 Å². The molecule has 1 aliphatic rings. The van der Waals surface area contributed by atoms with Gasteiger partial charge in [-0.1, -0.05) is 37.1 Å². The van der Waals surface area contributed by atoms with Gasteiger partial charge < -0.3 is 10.2 Å². The molecule has 0 radical (unpaired) electrons. The highest BCUT2D eigenvalue weighted by Gasteiger charge is 2.26. The van der Waals surface area contributed by atoms with Crippen molar-refractivity contribution in [1.82, 2.24) is 10.2 Å². The Hall–Kier alpha value is -1.84. The van der Waals surface area contributed by atoms with E-state index in [2.05, 4.69) is 5.32 Å². The van der Waals surface area contributed by atoms with Crippen LogP contribution < -0.4 is 5.32 Å². The molecule has 114 valence electrons. The Kier molecular flexibility index (Phi) is 5.37. The highest BCUT2D eigenvalue weighted by atomic mass is 16.2. The van der Waals surface area contributed by atoms with Crippen LogP contribution in [-0.2, 0) is 16.1 Å². The van der Waals surface area contributed by atoms with Gasteiger partial charge in [-0.2, -0.15) is 0 Å². The molecule has 21 heavy (non-hydrogen) atoms. The highest BCUT2D eigenvalue weighted by Crippen LogP contribution is 2.23. The monoisotopic (exact) mass is 288 g/mol. The Morgan fingerprint density at radius 1 is 1.24 bits per heavy atom. The Morgan fingerprint density at radius 2 is 1.90 bits per heavy atom. The fourth-order valence-corrected chi connectivity index (χ4v) is 2.93. The molecule has 1 aliphatic carbocycles. The van der Waals surface area contributed by atoms with Gasteiger partial charge in [0, 0.05) is 19.5 Å². The van der Waals surface area contributed by atoms with Gasteiger partial charge in [0.1, 0.15) is 0 Å². The fraction of sp³-hybridized carbons (Fsp3) is 0.529. The molecule has 1 saturated carbocycles. The lowest BCUT2D eigenvalue weighted by Gasteiger charge is -2.27. The van der Waals surface area contributed by atoms with Crippen LogP contribution in [0, 0.1) is 6.92 Å². The van der Waals surface area contributed by atoms with Gasteiger partial charge in [-0.05, 0) is 30.9 Å². The first-order valence-corrected chi connectivity index (χ1v) is 7.66. The number of aryl methyl sites for hydroxylation is 1. The van der Waals surface area contributed by atoms with Crippen LogP contribution in [0.25, 0.3) is 0 Å². The second-order valence-corrected chi connectivity index (χ2v) is 5.79. The zero-order valence-corrected chi connectivity index (χ0v) is 12.9. The van der Waals surface area contributed by atoms with E-state index in [9.17, 15) is 9.59 Å². The third-order valence-corrected chi connectivity index (χ3v) is 4.22. The van der Waals surface area contributed by atoms with Crippen molar-refractivity contribution in [1.29, 1.82) is 0 Å². The van der Waals surface area contributed by atoms with Gasteiger partial charge in [0.25, 0.3) is 0 Å². The lowest BCUT2D eigenvalue weighted by Crippen LogP contribution is -2.44. The highest BCUT2D eigenvalue weighted by molar-refractivity contribution is 5.84. The number of carbonyl (C=O) groups excluding carboxylic acids is 2. The maximum Gasteiger partial charge on any atom is 0.239 e. The fourth-order valence-electron chi connectivity index (χ4n) is 2.93. The van der Waals surface area contributed by atoms with Gasteiger partial charge in [-0.3, -0.25) is 9.59 Å². The third kappa shape index (κ3) is 4.31. The van der Waals surface area contributed by atoms with Crippen molar-refractivity contribution in [3.8, 4) is 0 Å². The first kappa shape index (κ1) is 15.5. The summed E-state index contributed by atoms with van der Waals surface area (Å²) in [6.45, 7) is 4.27. The summed E-state index contributed by atoms with van der Waals surface area (Å²) >= 11 is 0. The largest absolute Gasteiger partial charge is 0.350 e. The Balaban J connectivity index is 1.87. The van der Waals surface area contributed by atoms with Crippen LogP contribution in [0.2, 0.25) is 0 Å². The number of amides is 2. The summed E-state index contributed by atoms with van der Waals surface area (Å²) in [6.07, 6.45) is 4.34. The molecule has 0 spiro atoms. The average molecular weight is 288 g/mol. The zero-order valence-electron chi connectivity index (χ0n) is 12.9. The van der Waals surface area contributed by atoms with E-state index in [1.165, 1.54) is 0 Å². The van der Waals surface area contributed by atoms with Crippen LogP contribution in [0.4, 0.5) is 0 Å². The smallest absolute Gasteiger partial charge is 0.239 e. The Bertz CT molecular complexity index is 507. The number of nitrogens with one attached hydrogen (secondary N) is 1. The second kappa shape index (κ2) is 7.25. The maximum absolute atomic E-state index is 12.1. The molecule has 0 heterocycles. The molecule has 1 aromatic rings. The summed E-state index contributed by atoms with van der Waals surface area (Å²) in [5, 5.41) is 2.92. The first-order valence-electron chi connectivity index (χ1n) is 7.66. The number of rotatable bonds is 5. The minimum atomic E-state index is -0.0830. The number of nitrogens with zero attached hydrogens (tertiary/aromatic N) is 1. The van der Waals surface area contributed by atoms with Crippen molar-refractivity contribution >= 4 is 11.8 Å². The molecule has 4 nitrogen and oxygen atoms in total. The zero-order chi connectivity index (χ0) is 15.2. The topological polar surface area (TPSA) is 49.4 Å². The molecule has 0 unspecified atom stereocenters. The van der Waals surface area contributed by atoms with E-state index in [0.29, 0.717) is 6.54 Å². The number of hydrogen-bond donors (Lipinski definition) is 1. The lowest BCUT2D eigenvalue weighted by molar-refractivity contribution is -0.136. The molecule has 0 saturated heterocycles. The molecule has 0 bridgehead atoms. The minimum Gasteiger partial charge on any atom is -0.350 e. The van der Waals surface area contributed by atoms with E-state index in [0.717, 1.165) is 36.8 Å². The minimum absolute atomic E-state index is 0.00654. The van der Waals surface area contributed by atoms with Crippen molar-refractivity contribution < 1.29 is 9.59 Å². The van der Waals surface area contributed by atoms with Crippen molar-refractivity contribution in [2.45, 2.75) is 52.1 Å². The number of hydrogen-bond acceptors (Lipinski definition) is 2. The van der Waals surface area contributed by atoms with Crippen LogP contribution in [0.1, 0.15) is 43.7 Å². The van der Waals surface area contributed by atoms with E-state index < -0.39 is 0 Å². The van der Waals surface area contributed by atoms with Gasteiger partial charge in [-0.25, -0.2) is 0 Å². The maximum atomic E-state index is 12.1. The Morgan fingerprint density at radius 3 is 2.52 bits per heavy atom. The molecule has 2 amide bonds. The predicted octanol–water partition coefficient (Wildman–Crippen LogP) is 2.40. The summed E-state index contributed by atoms with van der Waals surface area (Å²) in [6, 6.07) is 8.23. The van der Waals surface area contributed by atoms with Crippen LogP contribution in [-0.4, -0.2) is 29.3 Å². The molecule has 1 aromatic carbocycles. The Labute approximate surface area is 126 Å². The predicted molar refractivity (Wildman–Crippen MR) is 82.7 cm³/mol. The number of carbonyl (C=O) groups is 2. The van der Waals surface area contributed by atoms with Crippen molar-refractivity contribution in [3.05, 3.63) is 35.4 Å². The van der Waals surface area contributed by atoms with Crippen LogP contribution in [0.5, 0.6) is 0 Å². The van der Waals surface area contributed by atoms with Gasteiger partial charge in [0.05, 0.1) is 6.54 Å². The van der Waals surface area contributed by atoms with Gasteiger partial charge >= 0.3 is 0 Å². The molecular formula is C17H24N2O2. The molecular weight excluding hydrogens is 264 g/mol. The number of benzene rings is 1. The standard InChI is InChI=1S/C17H24N2O2/c1-13-7-3-4-8-15(13)11-18-17(21)12-19(14(2)20)16-9-5-6-10-16/h3-4,7-8,16H,5-6,9-12H2,1-2H3,(H,18,21). The molecule has 0 aliphatic heterocycles. The molecule has 2 rings (SSSR count). The summed E-state index contributed by atoms with van der Waals surface area (Å²) in [5.41, 5.74) is 2.28. The van der Waals surface area contributed by atoms with Gasteiger partial charge in [-0.15, -0.1) is 0 Å². The second-order valence-electron chi connectivity index (χ2n) is 5.79. The quantitative estimate of drug-likeness (QED) is 0.904. The van der Waals surface area contributed by atoms with E-state index in [-0.39, 0.29) is 24.4 Å². The van der Waals surface area contributed by atoms with Crippen molar-refractivity contribution in [3.63, 3.8) is 0 Å². The van der Waals surface area contributed by atoms with Gasteiger partial charge in [0.2, 0.25) is 11.8 Å². The molecule has 0 atom stereocenters. The van der Waals surface area contributed by atoms with E-state index in [1.807, 2.05) is 31.2 Å². The van der Waals surface area contributed by atoms with E-state index in [4.69, 9.17) is 0 Å². The van der Waals surface area contributed by atoms with Crippen LogP contribution >= 0.6 is 0 Å². The summed E-state index contributed by atoms with van der Waals surface area (Å²) in [7, 11) is 0. The molecule has 1 N–H and O–H groups in total. The average Bonchev–Trinajstić information content (AvgIpc) is 2.97. The van der Waals surface area contributed by atoms with E-state index >= 15 is 0 Å². The molecule has 0 aromatic heterocycles. The lowest BCUT2D eigenvalue weighted by atomic mass is 10.1. The molecule has 4 heteroatoms. The van der Waals surface area contributed by atoms with Crippen molar-refractivity contribution in [2.24, 2.45) is 0 Å².